The summed E-state index contributed by atoms with van der Waals surface area (Å²) in [6.45, 7) is 4.96. The molecule has 118 valence electrons. The third-order valence-corrected chi connectivity index (χ3v) is 3.35. The summed E-state index contributed by atoms with van der Waals surface area (Å²) in [5, 5.41) is 0. The highest BCUT2D eigenvalue weighted by Crippen LogP contribution is 2.42. The molecule has 1 unspecified atom stereocenters. The smallest absolute Gasteiger partial charge is 0.334 e. The second-order valence-electron chi connectivity index (χ2n) is 4.80. The number of esters is 1. The summed E-state index contributed by atoms with van der Waals surface area (Å²) in [6.07, 6.45) is 0.718. The third-order valence-electron chi connectivity index (χ3n) is 3.35. The van der Waals surface area contributed by atoms with Gasteiger partial charge < -0.3 is 18.9 Å². The van der Waals surface area contributed by atoms with Crippen molar-refractivity contribution in [2.75, 3.05) is 13.9 Å². The maximum atomic E-state index is 12.4. The van der Waals surface area contributed by atoms with Crippen LogP contribution in [-0.2, 0) is 9.53 Å². The molecule has 1 aliphatic rings. The maximum absolute atomic E-state index is 12.4. The molecular formula is C16H18O6. The van der Waals surface area contributed by atoms with Gasteiger partial charge in [-0.15, -0.1) is 0 Å². The van der Waals surface area contributed by atoms with Crippen molar-refractivity contribution < 1.29 is 28.5 Å². The molecule has 0 saturated heterocycles. The number of hydrogen-bond donors (Lipinski definition) is 0. The van der Waals surface area contributed by atoms with E-state index in [1.165, 1.54) is 14.0 Å². The number of carbonyl (C=O) groups excluding carboxylic acids is 2. The maximum Gasteiger partial charge on any atom is 0.334 e. The van der Waals surface area contributed by atoms with Crippen molar-refractivity contribution in [2.45, 2.75) is 26.9 Å². The number of Topliss-reactive ketones (excluding diaryl/α,β-unsaturated/α-hetero) is 1. The number of ketones is 1. The topological polar surface area (TPSA) is 71.1 Å². The van der Waals surface area contributed by atoms with Crippen LogP contribution in [0.1, 0.15) is 31.1 Å². The quantitative estimate of drug-likeness (QED) is 0.473. The van der Waals surface area contributed by atoms with Crippen LogP contribution in [0.5, 0.6) is 17.2 Å². The van der Waals surface area contributed by atoms with E-state index < -0.39 is 12.1 Å². The largest absolute Gasteiger partial charge is 0.493 e. The second kappa shape index (κ2) is 6.51. The molecule has 2 rings (SSSR count). The summed E-state index contributed by atoms with van der Waals surface area (Å²) >= 11 is 0. The summed E-state index contributed by atoms with van der Waals surface area (Å²) in [6, 6.07) is 3.10. The lowest BCUT2D eigenvalue weighted by atomic mass is 10.1. The van der Waals surface area contributed by atoms with Crippen LogP contribution in [0.3, 0.4) is 0 Å². The van der Waals surface area contributed by atoms with E-state index in [2.05, 4.69) is 0 Å². The minimum absolute atomic E-state index is 0.0777. The van der Waals surface area contributed by atoms with E-state index in [0.717, 1.165) is 0 Å². The Kier molecular flexibility index (Phi) is 4.70. The van der Waals surface area contributed by atoms with Crippen molar-refractivity contribution in [3.8, 4) is 17.2 Å². The Morgan fingerprint density at radius 1 is 1.32 bits per heavy atom. The third kappa shape index (κ3) is 3.05. The Morgan fingerprint density at radius 2 is 2.05 bits per heavy atom. The highest BCUT2D eigenvalue weighted by atomic mass is 16.7. The highest BCUT2D eigenvalue weighted by molar-refractivity contribution is 6.02. The van der Waals surface area contributed by atoms with Gasteiger partial charge in [-0.2, -0.15) is 0 Å². The molecule has 0 fully saturated rings. The molecule has 22 heavy (non-hydrogen) atoms. The average molecular weight is 306 g/mol. The van der Waals surface area contributed by atoms with Gasteiger partial charge in [-0.3, -0.25) is 4.79 Å². The Balaban J connectivity index is 2.21. The number of benzene rings is 1. The lowest BCUT2D eigenvalue weighted by Gasteiger charge is -2.14. The van der Waals surface area contributed by atoms with Gasteiger partial charge >= 0.3 is 5.97 Å². The van der Waals surface area contributed by atoms with Gasteiger partial charge in [0.25, 0.3) is 0 Å². The van der Waals surface area contributed by atoms with Crippen LogP contribution in [0.25, 0.3) is 0 Å². The lowest BCUT2D eigenvalue weighted by molar-refractivity contribution is -0.141. The van der Waals surface area contributed by atoms with E-state index in [9.17, 15) is 9.59 Å². The van der Waals surface area contributed by atoms with Gasteiger partial charge in [0.1, 0.15) is 0 Å². The van der Waals surface area contributed by atoms with Gasteiger partial charge in [0.2, 0.25) is 18.3 Å². The summed E-state index contributed by atoms with van der Waals surface area (Å²) in [5.41, 5.74) is 0.780. The molecule has 6 heteroatoms. The number of ether oxygens (including phenoxy) is 4. The van der Waals surface area contributed by atoms with Crippen LogP contribution in [0, 0.1) is 0 Å². The Labute approximate surface area is 128 Å². The van der Waals surface area contributed by atoms with Crippen LogP contribution in [0.2, 0.25) is 0 Å². The fourth-order valence-corrected chi connectivity index (χ4v) is 1.93. The molecule has 1 aliphatic heterocycles. The average Bonchev–Trinajstić information content (AvgIpc) is 3.00. The van der Waals surface area contributed by atoms with Gasteiger partial charge in [-0.05, 0) is 32.9 Å². The van der Waals surface area contributed by atoms with Gasteiger partial charge in [0.15, 0.2) is 17.6 Å². The Hall–Kier alpha value is -2.50. The molecule has 6 nitrogen and oxygen atoms in total. The first-order chi connectivity index (χ1) is 10.5. The minimum Gasteiger partial charge on any atom is -0.493 e. The molecule has 0 bridgehead atoms. The van der Waals surface area contributed by atoms with Crippen molar-refractivity contribution in [1.29, 1.82) is 0 Å². The van der Waals surface area contributed by atoms with Crippen LogP contribution >= 0.6 is 0 Å². The van der Waals surface area contributed by atoms with Crippen LogP contribution in [-0.4, -0.2) is 31.8 Å². The zero-order valence-corrected chi connectivity index (χ0v) is 13.0. The van der Waals surface area contributed by atoms with E-state index in [4.69, 9.17) is 18.9 Å². The zero-order chi connectivity index (χ0) is 16.3. The predicted molar refractivity (Wildman–Crippen MR) is 78.4 cm³/mol. The van der Waals surface area contributed by atoms with E-state index in [0.29, 0.717) is 28.4 Å². The fraction of sp³-hybridized carbons (Fsp3) is 0.375. The molecule has 0 aliphatic carbocycles. The van der Waals surface area contributed by atoms with E-state index in [1.807, 2.05) is 0 Å². The molecule has 0 radical (unpaired) electrons. The molecule has 0 spiro atoms. The van der Waals surface area contributed by atoms with Crippen LogP contribution in [0.4, 0.5) is 0 Å². The lowest BCUT2D eigenvalue weighted by Crippen LogP contribution is -2.24. The number of allylic oxidation sites excluding steroid dienone is 1. The molecule has 1 aromatic carbocycles. The van der Waals surface area contributed by atoms with Crippen molar-refractivity contribution in [2.24, 2.45) is 0 Å². The van der Waals surface area contributed by atoms with Crippen LogP contribution < -0.4 is 14.2 Å². The Morgan fingerprint density at radius 3 is 2.68 bits per heavy atom. The summed E-state index contributed by atoms with van der Waals surface area (Å²) in [7, 11) is 1.48. The molecule has 0 aromatic heterocycles. The molecular weight excluding hydrogens is 288 g/mol. The van der Waals surface area contributed by atoms with Crippen molar-refractivity contribution in [1.82, 2.24) is 0 Å². The molecule has 1 aromatic rings. The zero-order valence-electron chi connectivity index (χ0n) is 13.0. The molecule has 0 saturated carbocycles. The molecule has 0 amide bonds. The SMILES string of the molecule is C/C=C(/C)C(=O)OC(C)C(=O)c1cc(OC)c2c(c1)OCO2. The van der Waals surface area contributed by atoms with Gasteiger partial charge in [-0.25, -0.2) is 4.79 Å². The summed E-state index contributed by atoms with van der Waals surface area (Å²) in [5.74, 6) is 0.450. The first kappa shape index (κ1) is 15.9. The molecule has 0 N–H and O–H groups in total. The van der Waals surface area contributed by atoms with Gasteiger partial charge in [0, 0.05) is 11.1 Å². The minimum atomic E-state index is -0.910. The first-order valence-electron chi connectivity index (χ1n) is 6.83. The fourth-order valence-electron chi connectivity index (χ4n) is 1.93. The Bertz CT molecular complexity index is 632. The highest BCUT2D eigenvalue weighted by Gasteiger charge is 2.26. The monoisotopic (exact) mass is 306 g/mol. The number of methoxy groups -OCH3 is 1. The second-order valence-corrected chi connectivity index (χ2v) is 4.80. The number of rotatable bonds is 5. The first-order valence-corrected chi connectivity index (χ1v) is 6.83. The summed E-state index contributed by atoms with van der Waals surface area (Å²) < 4.78 is 20.9. The van der Waals surface area contributed by atoms with Crippen molar-refractivity contribution >= 4 is 11.8 Å². The predicted octanol–water partition coefficient (Wildman–Crippen LogP) is 2.50. The standard InChI is InChI=1S/C16H18O6/c1-5-9(2)16(18)22-10(3)14(17)11-6-12(19-4)15-13(7-11)20-8-21-15/h5-7,10H,8H2,1-4H3/b9-5-. The van der Waals surface area contributed by atoms with Gasteiger partial charge in [-0.1, -0.05) is 6.08 Å². The molecule has 1 atom stereocenters. The van der Waals surface area contributed by atoms with Crippen LogP contribution in [0.15, 0.2) is 23.8 Å². The molecule has 1 heterocycles. The number of carbonyl (C=O) groups is 2. The number of hydrogen-bond acceptors (Lipinski definition) is 6. The van der Waals surface area contributed by atoms with Crippen molar-refractivity contribution in [3.05, 3.63) is 29.3 Å². The van der Waals surface area contributed by atoms with Crippen molar-refractivity contribution in [3.63, 3.8) is 0 Å². The van der Waals surface area contributed by atoms with Gasteiger partial charge in [0.05, 0.1) is 7.11 Å². The summed E-state index contributed by atoms with van der Waals surface area (Å²) in [4.78, 5) is 24.1. The normalized spacial score (nSPS) is 14.5. The van der Waals surface area contributed by atoms with E-state index in [-0.39, 0.29) is 12.6 Å². The number of fused-ring (bicyclic) bond motifs is 1. The van der Waals surface area contributed by atoms with E-state index in [1.54, 1.807) is 32.1 Å². The van der Waals surface area contributed by atoms with E-state index >= 15 is 0 Å².